The molecule has 0 amide bonds. The van der Waals surface area contributed by atoms with Crippen molar-refractivity contribution in [1.82, 2.24) is 0 Å². The smallest absolute Gasteiger partial charge is 0.465 e. The molecule has 0 bridgehead atoms. The van der Waals surface area contributed by atoms with Gasteiger partial charge in [0.1, 0.15) is 5.76 Å². The Morgan fingerprint density at radius 3 is 2.06 bits per heavy atom. The first-order valence-corrected chi connectivity index (χ1v) is 5.58. The van der Waals surface area contributed by atoms with Gasteiger partial charge in [-0.25, -0.2) is 8.42 Å². The summed E-state index contributed by atoms with van der Waals surface area (Å²) in [6.45, 7) is 0. The molecule has 0 fully saturated rings. The predicted molar refractivity (Wildman–Crippen MR) is 47.7 cm³/mol. The van der Waals surface area contributed by atoms with Gasteiger partial charge in [0.2, 0.25) is 0 Å². The third-order valence-electron chi connectivity index (χ3n) is 1.69. The Kier molecular flexibility index (Phi) is 3.52. The molecule has 0 aliphatic rings. The summed E-state index contributed by atoms with van der Waals surface area (Å²) in [5, 5.41) is 0. The maximum Gasteiger partial charge on any atom is 0.501 e. The van der Waals surface area contributed by atoms with E-state index in [9.17, 15) is 34.8 Å². The van der Waals surface area contributed by atoms with Crippen LogP contribution in [-0.2, 0) is 9.84 Å². The van der Waals surface area contributed by atoms with Crippen molar-refractivity contribution in [3.8, 4) is 0 Å². The molecule has 0 aromatic carbocycles. The van der Waals surface area contributed by atoms with Crippen LogP contribution in [0.25, 0.3) is 6.08 Å². The first kappa shape index (κ1) is 14.6. The Morgan fingerprint density at radius 1 is 1.17 bits per heavy atom. The molecule has 0 spiro atoms. The molecule has 1 heterocycles. The summed E-state index contributed by atoms with van der Waals surface area (Å²) in [4.78, 5) is -2.72. The van der Waals surface area contributed by atoms with Gasteiger partial charge in [0.15, 0.2) is 4.91 Å². The van der Waals surface area contributed by atoms with E-state index in [4.69, 9.17) is 0 Å². The van der Waals surface area contributed by atoms with Gasteiger partial charge in [0.25, 0.3) is 9.84 Å². The number of furan rings is 1. The normalized spacial score (nSPS) is 14.9. The third-order valence-corrected chi connectivity index (χ3v) is 3.23. The Hall–Kier alpha value is -1.45. The van der Waals surface area contributed by atoms with Crippen LogP contribution in [-0.4, -0.2) is 20.1 Å². The molecule has 1 aromatic rings. The lowest BCUT2D eigenvalue weighted by Gasteiger charge is -2.14. The molecule has 0 aliphatic heterocycles. The fourth-order valence-corrected chi connectivity index (χ4v) is 1.76. The molecule has 0 N–H and O–H groups in total. The van der Waals surface area contributed by atoms with Crippen molar-refractivity contribution in [1.29, 1.82) is 0 Å². The average Bonchev–Trinajstić information content (AvgIpc) is 2.62. The number of rotatable bonds is 2. The highest BCUT2D eigenvalue weighted by Crippen LogP contribution is 2.39. The van der Waals surface area contributed by atoms with Gasteiger partial charge in [-0.3, -0.25) is 0 Å². The van der Waals surface area contributed by atoms with Crippen molar-refractivity contribution in [3.05, 3.63) is 29.1 Å². The summed E-state index contributed by atoms with van der Waals surface area (Å²) in [5.41, 5.74) is -6.04. The maximum absolute atomic E-state index is 12.3. The van der Waals surface area contributed by atoms with E-state index in [1.54, 1.807) is 0 Å². The van der Waals surface area contributed by atoms with Crippen molar-refractivity contribution in [2.75, 3.05) is 0 Å². The zero-order valence-corrected chi connectivity index (χ0v) is 9.03. The van der Waals surface area contributed by atoms with Crippen LogP contribution in [0.4, 0.5) is 26.3 Å². The molecular formula is C8H4F6O3S. The van der Waals surface area contributed by atoms with Gasteiger partial charge < -0.3 is 4.42 Å². The van der Waals surface area contributed by atoms with Crippen LogP contribution in [0.1, 0.15) is 5.76 Å². The van der Waals surface area contributed by atoms with Crippen molar-refractivity contribution in [3.63, 3.8) is 0 Å². The molecule has 18 heavy (non-hydrogen) atoms. The zero-order chi connectivity index (χ0) is 14.2. The van der Waals surface area contributed by atoms with Gasteiger partial charge in [0, 0.05) is 6.08 Å². The maximum atomic E-state index is 12.3. The summed E-state index contributed by atoms with van der Waals surface area (Å²) in [7, 11) is -6.50. The summed E-state index contributed by atoms with van der Waals surface area (Å²) >= 11 is 0. The molecule has 0 aliphatic carbocycles. The highest BCUT2D eigenvalue weighted by atomic mass is 32.2. The second-order valence-electron chi connectivity index (χ2n) is 2.97. The van der Waals surface area contributed by atoms with Crippen LogP contribution in [0, 0.1) is 0 Å². The summed E-state index contributed by atoms with van der Waals surface area (Å²) in [6.07, 6.45) is -5.01. The van der Waals surface area contributed by atoms with Crippen LogP contribution >= 0.6 is 0 Å². The number of sulfone groups is 1. The average molecular weight is 294 g/mol. The minimum Gasteiger partial charge on any atom is -0.465 e. The summed E-state index contributed by atoms with van der Waals surface area (Å²) < 4.78 is 99.2. The van der Waals surface area contributed by atoms with Crippen molar-refractivity contribution in [2.24, 2.45) is 0 Å². The van der Waals surface area contributed by atoms with Crippen LogP contribution < -0.4 is 0 Å². The topological polar surface area (TPSA) is 47.3 Å². The Labute approximate surface area is 96.6 Å². The third kappa shape index (κ3) is 2.86. The molecule has 0 unspecified atom stereocenters. The monoisotopic (exact) mass is 294 g/mol. The Morgan fingerprint density at radius 2 is 1.72 bits per heavy atom. The van der Waals surface area contributed by atoms with Crippen LogP contribution in [0.3, 0.4) is 0 Å². The molecule has 0 saturated heterocycles. The summed E-state index contributed by atoms with van der Waals surface area (Å²) in [5.74, 6) is -0.657. The highest BCUT2D eigenvalue weighted by Gasteiger charge is 2.56. The minimum absolute atomic E-state index is 0.219. The van der Waals surface area contributed by atoms with E-state index in [1.807, 2.05) is 0 Å². The highest BCUT2D eigenvalue weighted by molar-refractivity contribution is 7.96. The lowest BCUT2D eigenvalue weighted by molar-refractivity contribution is -0.0886. The number of alkyl halides is 6. The SMILES string of the molecule is O=S(=O)(/C(=C\c1ccco1)C(F)(F)F)C(F)(F)F. The molecule has 102 valence electrons. The minimum atomic E-state index is -6.50. The van der Waals surface area contributed by atoms with E-state index in [1.165, 1.54) is 0 Å². The molecular weight excluding hydrogens is 290 g/mol. The Balaban J connectivity index is 3.43. The molecule has 3 nitrogen and oxygen atoms in total. The lowest BCUT2D eigenvalue weighted by Crippen LogP contribution is -2.31. The quantitative estimate of drug-likeness (QED) is 0.787. The van der Waals surface area contributed by atoms with Gasteiger partial charge in [0.05, 0.1) is 6.26 Å². The van der Waals surface area contributed by atoms with Gasteiger partial charge in [-0.05, 0) is 12.1 Å². The van der Waals surface area contributed by atoms with Crippen molar-refractivity contribution < 1.29 is 39.2 Å². The van der Waals surface area contributed by atoms with Crippen LogP contribution in [0.2, 0.25) is 0 Å². The van der Waals surface area contributed by atoms with Gasteiger partial charge in [-0.15, -0.1) is 0 Å². The van der Waals surface area contributed by atoms with E-state index >= 15 is 0 Å². The molecule has 0 radical (unpaired) electrons. The molecule has 0 saturated carbocycles. The number of halogens is 6. The summed E-state index contributed by atoms with van der Waals surface area (Å²) in [6, 6.07) is 1.98. The number of hydrogen-bond acceptors (Lipinski definition) is 3. The van der Waals surface area contributed by atoms with Crippen LogP contribution in [0.5, 0.6) is 0 Å². The van der Waals surface area contributed by atoms with Crippen LogP contribution in [0.15, 0.2) is 27.7 Å². The van der Waals surface area contributed by atoms with E-state index in [2.05, 4.69) is 4.42 Å². The largest absolute Gasteiger partial charge is 0.501 e. The fourth-order valence-electron chi connectivity index (χ4n) is 0.939. The van der Waals surface area contributed by atoms with E-state index in [0.717, 1.165) is 18.4 Å². The van der Waals surface area contributed by atoms with Gasteiger partial charge in [-0.2, -0.15) is 26.3 Å². The van der Waals surface area contributed by atoms with Gasteiger partial charge >= 0.3 is 11.7 Å². The Bertz CT molecular complexity index is 534. The standard InChI is InChI=1S/C8H4F6O3S/c9-7(10,11)6(4-5-2-1-3-17-5)18(15,16)8(12,13)14/h1-4H/b6-4-. The fraction of sp³-hybridized carbons (Fsp3) is 0.250. The number of allylic oxidation sites excluding steroid dienone is 1. The second-order valence-corrected chi connectivity index (χ2v) is 4.88. The predicted octanol–water partition coefficient (Wildman–Crippen LogP) is 3.12. The van der Waals surface area contributed by atoms with Crippen molar-refractivity contribution in [2.45, 2.75) is 11.7 Å². The first-order valence-electron chi connectivity index (χ1n) is 4.10. The van der Waals surface area contributed by atoms with Gasteiger partial charge in [-0.1, -0.05) is 0 Å². The second kappa shape index (κ2) is 4.34. The molecule has 10 heteroatoms. The van der Waals surface area contributed by atoms with E-state index in [0.29, 0.717) is 0 Å². The van der Waals surface area contributed by atoms with E-state index in [-0.39, 0.29) is 6.08 Å². The molecule has 1 rings (SSSR count). The van der Waals surface area contributed by atoms with Crippen molar-refractivity contribution >= 4 is 15.9 Å². The number of hydrogen-bond donors (Lipinski definition) is 0. The van der Waals surface area contributed by atoms with E-state index < -0.39 is 32.2 Å². The molecule has 0 atom stereocenters. The zero-order valence-electron chi connectivity index (χ0n) is 8.21. The lowest BCUT2D eigenvalue weighted by atomic mass is 10.4. The first-order chi connectivity index (χ1) is 7.96. The molecule has 1 aromatic heterocycles.